The van der Waals surface area contributed by atoms with E-state index < -0.39 is 0 Å². The summed E-state index contributed by atoms with van der Waals surface area (Å²) < 4.78 is 0. The van der Waals surface area contributed by atoms with E-state index in [4.69, 9.17) is 0 Å². The SMILES string of the molecule is CCC(C(=O)NCC(C)c1ccccc1)c1ccccc1. The minimum absolute atomic E-state index is 0.0610. The molecule has 0 heterocycles. The van der Waals surface area contributed by atoms with Crippen molar-refractivity contribution in [1.29, 1.82) is 0 Å². The summed E-state index contributed by atoms with van der Waals surface area (Å²) in [4.78, 5) is 12.4. The zero-order valence-electron chi connectivity index (χ0n) is 12.8. The van der Waals surface area contributed by atoms with Crippen LogP contribution in [0.3, 0.4) is 0 Å². The second kappa shape index (κ2) is 7.63. The largest absolute Gasteiger partial charge is 0.355 e. The number of rotatable bonds is 6. The molecule has 0 aliphatic heterocycles. The molecule has 0 saturated heterocycles. The van der Waals surface area contributed by atoms with Gasteiger partial charge in [0.05, 0.1) is 5.92 Å². The van der Waals surface area contributed by atoms with Crippen molar-refractivity contribution in [2.75, 3.05) is 6.54 Å². The Labute approximate surface area is 127 Å². The highest BCUT2D eigenvalue weighted by Gasteiger charge is 2.18. The van der Waals surface area contributed by atoms with Gasteiger partial charge in [-0.05, 0) is 23.5 Å². The Morgan fingerprint density at radius 2 is 1.48 bits per heavy atom. The third kappa shape index (κ3) is 4.19. The summed E-state index contributed by atoms with van der Waals surface area (Å²) in [5, 5.41) is 3.09. The first kappa shape index (κ1) is 15.3. The van der Waals surface area contributed by atoms with E-state index in [0.29, 0.717) is 12.5 Å². The molecular weight excluding hydrogens is 258 g/mol. The fourth-order valence-electron chi connectivity index (χ4n) is 2.53. The zero-order chi connectivity index (χ0) is 15.1. The Kier molecular flexibility index (Phi) is 5.56. The first-order valence-electron chi connectivity index (χ1n) is 7.60. The van der Waals surface area contributed by atoms with Crippen LogP contribution in [0.4, 0.5) is 0 Å². The number of carbonyl (C=O) groups excluding carboxylic acids is 1. The highest BCUT2D eigenvalue weighted by Crippen LogP contribution is 2.20. The first-order valence-corrected chi connectivity index (χ1v) is 7.60. The molecule has 1 N–H and O–H groups in total. The first-order chi connectivity index (χ1) is 10.2. The molecule has 2 nitrogen and oxygen atoms in total. The van der Waals surface area contributed by atoms with E-state index in [1.54, 1.807) is 0 Å². The molecule has 2 aromatic rings. The molecule has 0 radical (unpaired) electrons. The van der Waals surface area contributed by atoms with Gasteiger partial charge in [-0.3, -0.25) is 4.79 Å². The number of hydrogen-bond acceptors (Lipinski definition) is 1. The number of carbonyl (C=O) groups is 1. The Morgan fingerprint density at radius 3 is 2.00 bits per heavy atom. The van der Waals surface area contributed by atoms with Gasteiger partial charge in [0, 0.05) is 6.54 Å². The Morgan fingerprint density at radius 1 is 0.952 bits per heavy atom. The molecule has 2 aromatic carbocycles. The van der Waals surface area contributed by atoms with E-state index in [1.807, 2.05) is 48.5 Å². The molecule has 110 valence electrons. The van der Waals surface area contributed by atoms with Crippen LogP contribution in [0.1, 0.15) is 43.2 Å². The molecule has 0 fully saturated rings. The average molecular weight is 281 g/mol. The van der Waals surface area contributed by atoms with Gasteiger partial charge in [0.2, 0.25) is 5.91 Å². The molecule has 0 spiro atoms. The normalized spacial score (nSPS) is 13.4. The third-order valence-electron chi connectivity index (χ3n) is 3.88. The molecule has 0 bridgehead atoms. The van der Waals surface area contributed by atoms with Crippen LogP contribution in [0.2, 0.25) is 0 Å². The van der Waals surface area contributed by atoms with Gasteiger partial charge in [0.15, 0.2) is 0 Å². The van der Waals surface area contributed by atoms with E-state index in [1.165, 1.54) is 5.56 Å². The Bertz CT molecular complexity index is 550. The van der Waals surface area contributed by atoms with Gasteiger partial charge in [0.1, 0.15) is 0 Å². The maximum atomic E-state index is 12.4. The number of amides is 1. The molecule has 2 unspecified atom stereocenters. The van der Waals surface area contributed by atoms with Crippen LogP contribution in [0, 0.1) is 0 Å². The zero-order valence-corrected chi connectivity index (χ0v) is 12.8. The van der Waals surface area contributed by atoms with Crippen LogP contribution in [0.25, 0.3) is 0 Å². The van der Waals surface area contributed by atoms with Gasteiger partial charge < -0.3 is 5.32 Å². The second-order valence-electron chi connectivity index (χ2n) is 5.43. The van der Waals surface area contributed by atoms with Crippen molar-refractivity contribution in [3.63, 3.8) is 0 Å². The molecular formula is C19H23NO. The summed E-state index contributed by atoms with van der Waals surface area (Å²) in [7, 11) is 0. The predicted octanol–water partition coefficient (Wildman–Crippen LogP) is 4.10. The molecule has 1 amide bonds. The molecule has 2 heteroatoms. The van der Waals surface area contributed by atoms with Crippen molar-refractivity contribution in [2.45, 2.75) is 32.1 Å². The quantitative estimate of drug-likeness (QED) is 0.848. The summed E-state index contributed by atoms with van der Waals surface area (Å²) in [6.07, 6.45) is 0.815. The van der Waals surface area contributed by atoms with Crippen LogP contribution in [0.15, 0.2) is 60.7 Å². The summed E-state index contributed by atoms with van der Waals surface area (Å²) >= 11 is 0. The van der Waals surface area contributed by atoms with Crippen molar-refractivity contribution < 1.29 is 4.79 Å². The van der Waals surface area contributed by atoms with Crippen molar-refractivity contribution in [1.82, 2.24) is 5.32 Å². The number of nitrogens with one attached hydrogen (secondary N) is 1. The lowest BCUT2D eigenvalue weighted by Gasteiger charge is -2.18. The van der Waals surface area contributed by atoms with E-state index in [9.17, 15) is 4.79 Å². The fraction of sp³-hybridized carbons (Fsp3) is 0.316. The molecule has 0 aliphatic carbocycles. The van der Waals surface area contributed by atoms with Crippen molar-refractivity contribution >= 4 is 5.91 Å². The molecule has 0 aromatic heterocycles. The molecule has 2 atom stereocenters. The van der Waals surface area contributed by atoms with Crippen molar-refractivity contribution in [2.24, 2.45) is 0 Å². The monoisotopic (exact) mass is 281 g/mol. The third-order valence-corrected chi connectivity index (χ3v) is 3.88. The van der Waals surface area contributed by atoms with E-state index >= 15 is 0 Å². The number of hydrogen-bond donors (Lipinski definition) is 1. The van der Waals surface area contributed by atoms with Crippen molar-refractivity contribution in [3.05, 3.63) is 71.8 Å². The summed E-state index contributed by atoms with van der Waals surface area (Å²) in [5.74, 6) is 0.379. The lowest BCUT2D eigenvalue weighted by molar-refractivity contribution is -0.122. The van der Waals surface area contributed by atoms with Crippen molar-refractivity contribution in [3.8, 4) is 0 Å². The van der Waals surface area contributed by atoms with E-state index in [0.717, 1.165) is 12.0 Å². The van der Waals surface area contributed by atoms with Crippen LogP contribution in [0.5, 0.6) is 0 Å². The molecule has 2 rings (SSSR count). The Hall–Kier alpha value is -2.09. The molecule has 21 heavy (non-hydrogen) atoms. The predicted molar refractivity (Wildman–Crippen MR) is 87.3 cm³/mol. The topological polar surface area (TPSA) is 29.1 Å². The van der Waals surface area contributed by atoms with Crippen LogP contribution < -0.4 is 5.32 Å². The van der Waals surface area contributed by atoms with E-state index in [-0.39, 0.29) is 11.8 Å². The fourth-order valence-corrected chi connectivity index (χ4v) is 2.53. The second-order valence-corrected chi connectivity index (χ2v) is 5.43. The van der Waals surface area contributed by atoms with Crippen LogP contribution in [-0.2, 0) is 4.79 Å². The van der Waals surface area contributed by atoms with E-state index in [2.05, 4.69) is 31.3 Å². The average Bonchev–Trinajstić information content (AvgIpc) is 2.55. The van der Waals surface area contributed by atoms with Gasteiger partial charge in [-0.2, -0.15) is 0 Å². The van der Waals surface area contributed by atoms with Gasteiger partial charge in [-0.1, -0.05) is 74.5 Å². The van der Waals surface area contributed by atoms with Gasteiger partial charge in [-0.15, -0.1) is 0 Å². The highest BCUT2D eigenvalue weighted by atomic mass is 16.1. The van der Waals surface area contributed by atoms with Gasteiger partial charge in [0.25, 0.3) is 0 Å². The summed E-state index contributed by atoms with van der Waals surface area (Å²) in [6.45, 7) is 4.86. The maximum Gasteiger partial charge on any atom is 0.227 e. The smallest absolute Gasteiger partial charge is 0.227 e. The number of benzene rings is 2. The van der Waals surface area contributed by atoms with Gasteiger partial charge in [-0.25, -0.2) is 0 Å². The lowest BCUT2D eigenvalue weighted by Crippen LogP contribution is -2.32. The van der Waals surface area contributed by atoms with Crippen LogP contribution >= 0.6 is 0 Å². The lowest BCUT2D eigenvalue weighted by atomic mass is 9.95. The standard InChI is InChI=1S/C19H23NO/c1-3-18(17-12-8-5-9-13-17)19(21)20-14-15(2)16-10-6-4-7-11-16/h4-13,15,18H,3,14H2,1-2H3,(H,20,21). The minimum atomic E-state index is -0.0610. The maximum absolute atomic E-state index is 12.4. The summed E-state index contributed by atoms with van der Waals surface area (Å²) in [5.41, 5.74) is 2.34. The van der Waals surface area contributed by atoms with Gasteiger partial charge >= 0.3 is 0 Å². The summed E-state index contributed by atoms with van der Waals surface area (Å²) in [6, 6.07) is 20.3. The Balaban J connectivity index is 1.94. The molecule has 0 saturated carbocycles. The minimum Gasteiger partial charge on any atom is -0.355 e. The van der Waals surface area contributed by atoms with Crippen LogP contribution in [-0.4, -0.2) is 12.5 Å². The molecule has 0 aliphatic rings. The highest BCUT2D eigenvalue weighted by molar-refractivity contribution is 5.83.